The Kier molecular flexibility index (Phi) is 6.04. The molecule has 36 heavy (non-hydrogen) atoms. The summed E-state index contributed by atoms with van der Waals surface area (Å²) in [4.78, 5) is 15.6. The van der Waals surface area contributed by atoms with Crippen LogP contribution in [0.1, 0.15) is 53.4 Å². The number of rotatable bonds is 5. The van der Waals surface area contributed by atoms with Gasteiger partial charge in [-0.25, -0.2) is 4.39 Å². The summed E-state index contributed by atoms with van der Waals surface area (Å²) in [7, 11) is 0. The Labute approximate surface area is 212 Å². The van der Waals surface area contributed by atoms with Crippen LogP contribution < -0.4 is 4.90 Å². The van der Waals surface area contributed by atoms with Crippen molar-refractivity contribution in [1.29, 1.82) is 0 Å². The lowest BCUT2D eigenvalue weighted by atomic mass is 9.69. The predicted octanol–water partition coefficient (Wildman–Crippen LogP) is 5.49. The summed E-state index contributed by atoms with van der Waals surface area (Å²) in [6, 6.07) is 21.7. The zero-order chi connectivity index (χ0) is 24.7. The number of hydrogen-bond acceptors (Lipinski definition) is 4. The number of likely N-dealkylation sites (tertiary alicyclic amines) is 1. The van der Waals surface area contributed by atoms with Crippen LogP contribution in [0.15, 0.2) is 66.7 Å². The van der Waals surface area contributed by atoms with Gasteiger partial charge in [-0.2, -0.15) is 0 Å². The first-order valence-corrected chi connectivity index (χ1v) is 13.1. The highest BCUT2D eigenvalue weighted by Crippen LogP contribution is 2.48. The monoisotopic (exact) mass is 484 g/mol. The molecule has 186 valence electrons. The number of carbonyl (C=O) groups is 1. The summed E-state index contributed by atoms with van der Waals surface area (Å²) >= 11 is 0. The van der Waals surface area contributed by atoms with Crippen LogP contribution in [-0.4, -0.2) is 49.0 Å². The fraction of sp³-hybridized carbons (Fsp3) is 0.387. The van der Waals surface area contributed by atoms with Gasteiger partial charge >= 0.3 is 0 Å². The molecular weight excluding hydrogens is 451 g/mol. The van der Waals surface area contributed by atoms with Gasteiger partial charge in [0.25, 0.3) is 0 Å². The van der Waals surface area contributed by atoms with Crippen LogP contribution in [0.3, 0.4) is 0 Å². The average molecular weight is 485 g/mol. The Morgan fingerprint density at radius 1 is 0.944 bits per heavy atom. The fourth-order valence-corrected chi connectivity index (χ4v) is 6.76. The summed E-state index contributed by atoms with van der Waals surface area (Å²) in [5.41, 5.74) is 6.54. The number of phenolic OH excluding ortho intramolecular Hbond substituents is 1. The Balaban J connectivity index is 1.23. The molecule has 2 aliphatic heterocycles. The molecular formula is C31H33FN2O2. The summed E-state index contributed by atoms with van der Waals surface area (Å²) in [6.07, 6.45) is 5.21. The number of piperidine rings is 1. The van der Waals surface area contributed by atoms with Crippen LogP contribution in [0.2, 0.25) is 0 Å². The number of phenols is 1. The average Bonchev–Trinajstić information content (AvgIpc) is 2.88. The lowest BCUT2D eigenvalue weighted by Gasteiger charge is -2.55. The van der Waals surface area contributed by atoms with Gasteiger partial charge in [-0.1, -0.05) is 30.3 Å². The highest BCUT2D eigenvalue weighted by molar-refractivity contribution is 5.55. The minimum absolute atomic E-state index is 0.166. The molecule has 1 N–H and O–H groups in total. The molecule has 2 fully saturated rings. The highest BCUT2D eigenvalue weighted by atomic mass is 19.1. The molecule has 2 unspecified atom stereocenters. The van der Waals surface area contributed by atoms with Gasteiger partial charge < -0.3 is 14.8 Å². The molecule has 6 rings (SSSR count). The second-order valence-electron chi connectivity index (χ2n) is 11.0. The number of fused-ring (bicyclic) bond motifs is 1. The van der Waals surface area contributed by atoms with E-state index in [1.54, 1.807) is 18.2 Å². The third-order valence-corrected chi connectivity index (χ3v) is 8.81. The first kappa shape index (κ1) is 23.2. The molecule has 4 nitrogen and oxygen atoms in total. The van der Waals surface area contributed by atoms with E-state index in [0.717, 1.165) is 50.9 Å². The van der Waals surface area contributed by atoms with E-state index in [4.69, 9.17) is 0 Å². The van der Waals surface area contributed by atoms with Gasteiger partial charge in [-0.05, 0) is 103 Å². The quantitative estimate of drug-likeness (QED) is 0.486. The maximum atomic E-state index is 13.7. The topological polar surface area (TPSA) is 43.8 Å². The van der Waals surface area contributed by atoms with Crippen molar-refractivity contribution in [2.45, 2.75) is 37.5 Å². The number of halogens is 1. The maximum Gasteiger partial charge on any atom is 0.133 e. The van der Waals surface area contributed by atoms with Crippen LogP contribution in [-0.2, 0) is 11.2 Å². The van der Waals surface area contributed by atoms with Crippen molar-refractivity contribution in [3.05, 3.63) is 94.8 Å². The third kappa shape index (κ3) is 4.30. The lowest BCUT2D eigenvalue weighted by Crippen LogP contribution is -2.60. The second-order valence-corrected chi connectivity index (χ2v) is 11.0. The van der Waals surface area contributed by atoms with Gasteiger partial charge in [-0.3, -0.25) is 4.90 Å². The van der Waals surface area contributed by atoms with Gasteiger partial charge in [-0.15, -0.1) is 0 Å². The van der Waals surface area contributed by atoms with Crippen molar-refractivity contribution in [2.24, 2.45) is 5.41 Å². The Bertz CT molecular complexity index is 1220. The molecule has 0 radical (unpaired) electrons. The first-order chi connectivity index (χ1) is 17.5. The summed E-state index contributed by atoms with van der Waals surface area (Å²) in [5, 5.41) is 10.1. The molecule has 1 spiro atoms. The molecule has 0 amide bonds. The second kappa shape index (κ2) is 9.36. The zero-order valence-electron chi connectivity index (χ0n) is 20.6. The maximum absolute atomic E-state index is 13.7. The van der Waals surface area contributed by atoms with E-state index in [-0.39, 0.29) is 17.7 Å². The number of benzene rings is 3. The van der Waals surface area contributed by atoms with Crippen molar-refractivity contribution in [1.82, 2.24) is 4.90 Å². The van der Waals surface area contributed by atoms with E-state index < -0.39 is 0 Å². The molecule has 0 bridgehead atoms. The van der Waals surface area contributed by atoms with E-state index in [0.29, 0.717) is 17.7 Å². The van der Waals surface area contributed by atoms with E-state index >= 15 is 0 Å². The van der Waals surface area contributed by atoms with Crippen molar-refractivity contribution in [2.75, 3.05) is 37.6 Å². The summed E-state index contributed by atoms with van der Waals surface area (Å²) in [6.45, 7) is 4.78. The summed E-state index contributed by atoms with van der Waals surface area (Å²) in [5.74, 6) is 0.533. The van der Waals surface area contributed by atoms with E-state index in [1.165, 1.54) is 35.2 Å². The molecule has 2 saturated heterocycles. The van der Waals surface area contributed by atoms with E-state index in [1.807, 2.05) is 18.2 Å². The van der Waals surface area contributed by atoms with Crippen LogP contribution in [0.25, 0.3) is 0 Å². The fourth-order valence-electron chi connectivity index (χ4n) is 6.76. The molecule has 0 saturated carbocycles. The molecule has 3 aromatic rings. The zero-order valence-corrected chi connectivity index (χ0v) is 20.6. The summed E-state index contributed by atoms with van der Waals surface area (Å²) < 4.78 is 13.7. The Morgan fingerprint density at radius 3 is 2.33 bits per heavy atom. The third-order valence-electron chi connectivity index (χ3n) is 8.81. The number of nitrogens with zero attached hydrogens (tertiary/aromatic N) is 2. The number of carbonyl (C=O) groups excluding carboxylic acids is 1. The Hall–Kier alpha value is -3.18. The molecule has 0 aromatic heterocycles. The highest BCUT2D eigenvalue weighted by Gasteiger charge is 2.44. The van der Waals surface area contributed by atoms with E-state index in [2.05, 4.69) is 40.1 Å². The molecule has 2 heterocycles. The van der Waals surface area contributed by atoms with Crippen molar-refractivity contribution >= 4 is 12.0 Å². The first-order valence-electron chi connectivity index (χ1n) is 13.1. The minimum atomic E-state index is -0.206. The predicted molar refractivity (Wildman–Crippen MR) is 140 cm³/mol. The van der Waals surface area contributed by atoms with Crippen molar-refractivity contribution < 1.29 is 14.3 Å². The molecule has 3 aliphatic rings. The van der Waals surface area contributed by atoms with Crippen LogP contribution in [0.4, 0.5) is 10.1 Å². The van der Waals surface area contributed by atoms with Crippen molar-refractivity contribution in [3.8, 4) is 5.75 Å². The van der Waals surface area contributed by atoms with Crippen LogP contribution >= 0.6 is 0 Å². The van der Waals surface area contributed by atoms with Gasteiger partial charge in [0.2, 0.25) is 0 Å². The molecule has 1 aliphatic carbocycles. The van der Waals surface area contributed by atoms with Gasteiger partial charge in [0.1, 0.15) is 17.9 Å². The number of aryl methyl sites for hydroxylation is 1. The smallest absolute Gasteiger partial charge is 0.133 e. The largest absolute Gasteiger partial charge is 0.508 e. The number of aromatic hydroxyl groups is 1. The SMILES string of the molecule is O=CCN1CCC2(CC1)CN(c1ccc(C3c4ccc(O)cc4CCC3c3ccc(F)cc3)cc1)C2. The standard InChI is InChI=1S/C31H33FN2O2/c32-25-6-1-22(2-7-25)28-11-5-24-19-27(36)10-12-29(24)30(28)23-3-8-26(9-4-23)34-20-31(21-34)13-15-33(16-14-31)17-18-35/h1-4,6-10,12,18-19,28,30,36H,5,11,13-17,20-21H2. The normalized spacial score (nSPS) is 23.2. The Morgan fingerprint density at radius 2 is 1.64 bits per heavy atom. The van der Waals surface area contributed by atoms with Gasteiger partial charge in [0.05, 0.1) is 6.54 Å². The molecule has 3 aromatic carbocycles. The molecule has 2 atom stereocenters. The lowest BCUT2D eigenvalue weighted by molar-refractivity contribution is -0.109. The minimum Gasteiger partial charge on any atom is -0.508 e. The molecule has 5 heteroatoms. The van der Waals surface area contributed by atoms with Crippen LogP contribution in [0, 0.1) is 11.2 Å². The van der Waals surface area contributed by atoms with Crippen LogP contribution in [0.5, 0.6) is 5.75 Å². The number of aldehydes is 1. The number of hydrogen-bond donors (Lipinski definition) is 1. The number of anilines is 1. The van der Waals surface area contributed by atoms with Gasteiger partial charge in [0, 0.05) is 30.1 Å². The van der Waals surface area contributed by atoms with E-state index in [9.17, 15) is 14.3 Å². The van der Waals surface area contributed by atoms with Crippen molar-refractivity contribution in [3.63, 3.8) is 0 Å². The van der Waals surface area contributed by atoms with Gasteiger partial charge in [0.15, 0.2) is 0 Å².